The maximum absolute atomic E-state index is 12.2. The molecular formula is C19H21N3O6. The highest BCUT2D eigenvalue weighted by atomic mass is 16.6. The van der Waals surface area contributed by atoms with Gasteiger partial charge in [0, 0.05) is 35.4 Å². The molecule has 148 valence electrons. The largest absolute Gasteiger partial charge is 0.459 e. The van der Waals surface area contributed by atoms with Crippen LogP contribution in [0, 0.1) is 34.8 Å². The molecule has 0 N–H and O–H groups in total. The number of aromatic nitrogens is 2. The first kappa shape index (κ1) is 19.7. The Labute approximate surface area is 160 Å². The topological polar surface area (TPSA) is 121 Å². The van der Waals surface area contributed by atoms with Crippen molar-refractivity contribution in [2.24, 2.45) is 17.8 Å². The Balaban J connectivity index is 1.68. The molecule has 1 fully saturated rings. The predicted molar refractivity (Wildman–Crippen MR) is 98.2 cm³/mol. The van der Waals surface area contributed by atoms with E-state index in [9.17, 15) is 24.5 Å². The molecular weight excluding hydrogens is 366 g/mol. The molecule has 0 radical (unpaired) electrons. The molecule has 9 nitrogen and oxygen atoms in total. The number of hydrogen-bond acceptors (Lipinski definition) is 7. The number of ketones is 1. The number of hydrogen-bond donors (Lipinski definition) is 0. The third-order valence-electron chi connectivity index (χ3n) is 5.25. The molecule has 9 heteroatoms. The first-order valence-corrected chi connectivity index (χ1v) is 9.04. The molecule has 1 aliphatic carbocycles. The molecule has 2 aromatic heterocycles. The highest BCUT2D eigenvalue weighted by Crippen LogP contribution is 2.36. The Kier molecular flexibility index (Phi) is 5.53. The van der Waals surface area contributed by atoms with Gasteiger partial charge >= 0.3 is 5.97 Å². The normalized spacial score (nSPS) is 21.8. The third-order valence-corrected chi connectivity index (χ3v) is 5.25. The van der Waals surface area contributed by atoms with E-state index in [0.717, 1.165) is 5.56 Å². The second-order valence-corrected chi connectivity index (χ2v) is 7.27. The van der Waals surface area contributed by atoms with Gasteiger partial charge in [0.1, 0.15) is 18.0 Å². The number of nitro groups is 1. The predicted octanol–water partition coefficient (Wildman–Crippen LogP) is 1.55. The molecule has 0 saturated heterocycles. The van der Waals surface area contributed by atoms with Gasteiger partial charge in [-0.3, -0.25) is 28.9 Å². The molecule has 0 aromatic carbocycles. The van der Waals surface area contributed by atoms with Gasteiger partial charge < -0.3 is 4.74 Å². The van der Waals surface area contributed by atoms with Crippen LogP contribution in [-0.2, 0) is 20.9 Å². The third kappa shape index (κ3) is 4.08. The zero-order chi connectivity index (χ0) is 20.4. The van der Waals surface area contributed by atoms with Crippen molar-refractivity contribution in [1.29, 1.82) is 0 Å². The van der Waals surface area contributed by atoms with E-state index >= 15 is 0 Å². The minimum Gasteiger partial charge on any atom is -0.459 e. The van der Waals surface area contributed by atoms with Crippen LogP contribution >= 0.6 is 0 Å². The molecule has 3 rings (SSSR count). The lowest BCUT2D eigenvalue weighted by molar-refractivity contribution is -0.490. The number of esters is 1. The summed E-state index contributed by atoms with van der Waals surface area (Å²) in [5.74, 6) is -2.09. The molecule has 0 aliphatic heterocycles. The number of Topliss-reactive ketones (excluding diaryl/α,β-unsaturated/α-hetero) is 1. The molecule has 1 aliphatic rings. The average Bonchev–Trinajstić information content (AvgIpc) is 2.87. The van der Waals surface area contributed by atoms with Gasteiger partial charge in [-0.2, -0.15) is 0 Å². The fraction of sp³-hybridized carbons (Fsp3) is 0.474. The highest BCUT2D eigenvalue weighted by Gasteiger charge is 2.44. The summed E-state index contributed by atoms with van der Waals surface area (Å²) in [7, 11) is 0. The van der Waals surface area contributed by atoms with Gasteiger partial charge in [0.15, 0.2) is 0 Å². The van der Waals surface area contributed by atoms with Gasteiger partial charge in [-0.1, -0.05) is 13.0 Å². The average molecular weight is 387 g/mol. The lowest BCUT2D eigenvalue weighted by Gasteiger charge is -2.17. The summed E-state index contributed by atoms with van der Waals surface area (Å²) in [5.41, 5.74) is 1.30. The van der Waals surface area contributed by atoms with E-state index in [4.69, 9.17) is 4.74 Å². The number of pyridine rings is 1. The van der Waals surface area contributed by atoms with Crippen LogP contribution in [0.1, 0.15) is 31.0 Å². The smallest absolute Gasteiger partial charge is 0.306 e. The minimum atomic E-state index is -0.703. The SMILES string of the molecule is Cc1cccn2c(=O)cc(COC(=O)C[C@H]3C(=O)C[C@@H](C)[C@@H]3C[N+](=O)[O-])nc12. The van der Waals surface area contributed by atoms with Crippen molar-refractivity contribution in [3.63, 3.8) is 0 Å². The van der Waals surface area contributed by atoms with Crippen molar-refractivity contribution in [3.05, 3.63) is 56.1 Å². The van der Waals surface area contributed by atoms with E-state index in [-0.39, 0.29) is 43.3 Å². The van der Waals surface area contributed by atoms with E-state index in [1.165, 1.54) is 10.5 Å². The summed E-state index contributed by atoms with van der Waals surface area (Å²) < 4.78 is 6.60. The van der Waals surface area contributed by atoms with Crippen molar-refractivity contribution in [2.45, 2.75) is 33.3 Å². The summed E-state index contributed by atoms with van der Waals surface area (Å²) in [6.45, 7) is 3.06. The summed E-state index contributed by atoms with van der Waals surface area (Å²) >= 11 is 0. The van der Waals surface area contributed by atoms with Crippen LogP contribution in [0.4, 0.5) is 0 Å². The highest BCUT2D eigenvalue weighted by molar-refractivity contribution is 5.87. The molecule has 0 spiro atoms. The van der Waals surface area contributed by atoms with E-state index in [1.807, 2.05) is 13.0 Å². The molecule has 28 heavy (non-hydrogen) atoms. The Bertz CT molecular complexity index is 999. The summed E-state index contributed by atoms with van der Waals surface area (Å²) in [6, 6.07) is 4.85. The summed E-state index contributed by atoms with van der Waals surface area (Å²) in [5, 5.41) is 10.9. The number of rotatable bonds is 6. The minimum absolute atomic E-state index is 0.138. The maximum Gasteiger partial charge on any atom is 0.306 e. The van der Waals surface area contributed by atoms with Crippen molar-refractivity contribution in [2.75, 3.05) is 6.54 Å². The lowest BCUT2D eigenvalue weighted by Crippen LogP contribution is -2.27. The zero-order valence-electron chi connectivity index (χ0n) is 15.7. The Morgan fingerprint density at radius 1 is 1.43 bits per heavy atom. The molecule has 0 amide bonds. The van der Waals surface area contributed by atoms with E-state index < -0.39 is 22.7 Å². The van der Waals surface area contributed by atoms with E-state index in [1.54, 1.807) is 19.2 Å². The molecule has 1 saturated carbocycles. The van der Waals surface area contributed by atoms with Gasteiger partial charge in [0.25, 0.3) is 5.56 Å². The van der Waals surface area contributed by atoms with Gasteiger partial charge in [0.05, 0.1) is 12.1 Å². The summed E-state index contributed by atoms with van der Waals surface area (Å²) in [6.07, 6.45) is 1.64. The second-order valence-electron chi connectivity index (χ2n) is 7.27. The summed E-state index contributed by atoms with van der Waals surface area (Å²) in [4.78, 5) is 51.3. The van der Waals surface area contributed by atoms with Crippen LogP contribution in [0.2, 0.25) is 0 Å². The van der Waals surface area contributed by atoms with Crippen LogP contribution in [0.5, 0.6) is 0 Å². The zero-order valence-corrected chi connectivity index (χ0v) is 15.7. The first-order valence-electron chi connectivity index (χ1n) is 9.04. The number of carbonyl (C=O) groups is 2. The van der Waals surface area contributed by atoms with E-state index in [2.05, 4.69) is 4.98 Å². The number of carbonyl (C=O) groups excluding carboxylic acids is 2. The lowest BCUT2D eigenvalue weighted by atomic mass is 9.88. The van der Waals surface area contributed by atoms with Crippen LogP contribution in [0.25, 0.3) is 5.65 Å². The fourth-order valence-corrected chi connectivity index (χ4v) is 3.78. The van der Waals surface area contributed by atoms with Crippen LogP contribution in [0.3, 0.4) is 0 Å². The van der Waals surface area contributed by atoms with Gasteiger partial charge in [-0.05, 0) is 24.5 Å². The Morgan fingerprint density at radius 2 is 2.18 bits per heavy atom. The fourth-order valence-electron chi connectivity index (χ4n) is 3.78. The van der Waals surface area contributed by atoms with Crippen molar-refractivity contribution >= 4 is 17.4 Å². The number of aryl methyl sites for hydroxylation is 1. The standard InChI is InChI=1S/C19H21N3O6/c1-11-4-3-5-21-17(24)7-13(20-19(11)21)10-28-18(25)8-14-15(9-22(26)27)12(2)6-16(14)23/h3-5,7,12,14-15H,6,8-10H2,1-2H3/t12-,14-,15+/m1/s1. The van der Waals surface area contributed by atoms with Gasteiger partial charge in [0.2, 0.25) is 6.54 Å². The van der Waals surface area contributed by atoms with E-state index in [0.29, 0.717) is 11.3 Å². The number of fused-ring (bicyclic) bond motifs is 1. The monoisotopic (exact) mass is 387 g/mol. The first-order chi connectivity index (χ1) is 13.3. The molecule has 0 bridgehead atoms. The van der Waals surface area contributed by atoms with Crippen molar-refractivity contribution < 1.29 is 19.2 Å². The molecule has 3 atom stereocenters. The second kappa shape index (κ2) is 7.87. The van der Waals surface area contributed by atoms with Gasteiger partial charge in [-0.25, -0.2) is 4.98 Å². The molecule has 2 heterocycles. The van der Waals surface area contributed by atoms with Crippen LogP contribution in [-0.4, -0.2) is 32.6 Å². The quantitative estimate of drug-likeness (QED) is 0.419. The molecule has 2 aromatic rings. The van der Waals surface area contributed by atoms with Crippen molar-refractivity contribution in [3.8, 4) is 0 Å². The van der Waals surface area contributed by atoms with Crippen molar-refractivity contribution in [1.82, 2.24) is 9.38 Å². The number of ether oxygens (including phenoxy) is 1. The molecule has 0 unspecified atom stereocenters. The Morgan fingerprint density at radius 3 is 2.89 bits per heavy atom. The van der Waals surface area contributed by atoms with Gasteiger partial charge in [-0.15, -0.1) is 0 Å². The van der Waals surface area contributed by atoms with Crippen LogP contribution < -0.4 is 5.56 Å². The number of nitrogens with zero attached hydrogens (tertiary/aromatic N) is 3. The maximum atomic E-state index is 12.2. The van der Waals surface area contributed by atoms with Crippen LogP contribution in [0.15, 0.2) is 29.2 Å². The Hall–Kier alpha value is -3.10.